The molecule has 100 valence electrons. The lowest BCUT2D eigenvalue weighted by Crippen LogP contribution is -2.04. The summed E-state index contributed by atoms with van der Waals surface area (Å²) in [6.07, 6.45) is -1.04. The minimum Gasteiger partial charge on any atom is -0.387 e. The van der Waals surface area contributed by atoms with E-state index in [0.717, 1.165) is 27.6 Å². The second-order valence-corrected chi connectivity index (χ2v) is 5.96. The molecule has 1 atom stereocenters. The van der Waals surface area contributed by atoms with Crippen molar-refractivity contribution in [2.75, 3.05) is 5.75 Å². The van der Waals surface area contributed by atoms with E-state index in [0.29, 0.717) is 0 Å². The molecule has 2 aromatic carbocycles. The summed E-state index contributed by atoms with van der Waals surface area (Å²) in [4.78, 5) is 0.957. The Morgan fingerprint density at radius 1 is 1.11 bits per heavy atom. The molecule has 0 radical (unpaired) electrons. The minimum atomic E-state index is -1.04. The van der Waals surface area contributed by atoms with E-state index in [1.54, 1.807) is 0 Å². The number of hydrogen-bond acceptors (Lipinski definition) is 2. The average molecular weight is 345 g/mol. The highest BCUT2D eigenvalue weighted by Crippen LogP contribution is 2.27. The van der Waals surface area contributed by atoms with Gasteiger partial charge in [0.2, 0.25) is 0 Å². The molecular formula is C14H11BrF2OS. The van der Waals surface area contributed by atoms with Gasteiger partial charge in [-0.3, -0.25) is 0 Å². The van der Waals surface area contributed by atoms with Crippen molar-refractivity contribution in [3.63, 3.8) is 0 Å². The van der Waals surface area contributed by atoms with Gasteiger partial charge in [-0.05, 0) is 42.5 Å². The largest absolute Gasteiger partial charge is 0.387 e. The molecule has 5 heteroatoms. The lowest BCUT2D eigenvalue weighted by molar-refractivity contribution is 0.198. The zero-order valence-electron chi connectivity index (χ0n) is 9.82. The van der Waals surface area contributed by atoms with Crippen LogP contribution in [0.3, 0.4) is 0 Å². The summed E-state index contributed by atoms with van der Waals surface area (Å²) in [6.45, 7) is 0. The second kappa shape index (κ2) is 6.50. The van der Waals surface area contributed by atoms with Crippen LogP contribution >= 0.6 is 27.7 Å². The standard InChI is InChI=1S/C14H11BrF2OS/c15-9-1-4-11(5-2-9)19-8-14(18)12-7-10(16)3-6-13(12)17/h1-7,14,18H,8H2. The maximum atomic E-state index is 13.5. The molecule has 0 fully saturated rings. The molecular weight excluding hydrogens is 334 g/mol. The van der Waals surface area contributed by atoms with E-state index in [-0.39, 0.29) is 11.3 Å². The molecule has 0 saturated heterocycles. The molecule has 1 unspecified atom stereocenters. The summed E-state index contributed by atoms with van der Waals surface area (Å²) in [7, 11) is 0. The molecule has 2 aromatic rings. The highest BCUT2D eigenvalue weighted by atomic mass is 79.9. The van der Waals surface area contributed by atoms with E-state index in [4.69, 9.17) is 0 Å². The third-order valence-corrected chi connectivity index (χ3v) is 4.16. The van der Waals surface area contributed by atoms with Gasteiger partial charge in [0.1, 0.15) is 11.6 Å². The predicted molar refractivity (Wildman–Crippen MR) is 76.2 cm³/mol. The first-order valence-electron chi connectivity index (χ1n) is 5.57. The van der Waals surface area contributed by atoms with E-state index in [9.17, 15) is 13.9 Å². The third-order valence-electron chi connectivity index (χ3n) is 2.54. The Bertz CT molecular complexity index is 560. The van der Waals surface area contributed by atoms with Crippen LogP contribution in [0.2, 0.25) is 0 Å². The highest BCUT2D eigenvalue weighted by Gasteiger charge is 2.14. The SMILES string of the molecule is OC(CSc1ccc(Br)cc1)c1cc(F)ccc1F. The Hall–Kier alpha value is -0.910. The van der Waals surface area contributed by atoms with Crippen LogP contribution in [0.15, 0.2) is 51.8 Å². The lowest BCUT2D eigenvalue weighted by atomic mass is 10.1. The number of aliphatic hydroxyl groups excluding tert-OH is 1. The molecule has 0 amide bonds. The molecule has 2 rings (SSSR count). The Labute approximate surface area is 122 Å². The summed E-state index contributed by atoms with van der Waals surface area (Å²) in [5, 5.41) is 9.90. The molecule has 19 heavy (non-hydrogen) atoms. The molecule has 0 aliphatic carbocycles. The van der Waals surface area contributed by atoms with Gasteiger partial charge in [-0.2, -0.15) is 0 Å². The molecule has 0 spiro atoms. The van der Waals surface area contributed by atoms with Crippen molar-refractivity contribution in [3.05, 3.63) is 64.1 Å². The Morgan fingerprint density at radius 2 is 1.79 bits per heavy atom. The second-order valence-electron chi connectivity index (χ2n) is 3.95. The average Bonchev–Trinajstić information content (AvgIpc) is 2.40. The van der Waals surface area contributed by atoms with Gasteiger partial charge < -0.3 is 5.11 Å². The van der Waals surface area contributed by atoms with Gasteiger partial charge in [0.15, 0.2) is 0 Å². The molecule has 0 aromatic heterocycles. The van der Waals surface area contributed by atoms with Gasteiger partial charge in [-0.15, -0.1) is 11.8 Å². The maximum Gasteiger partial charge on any atom is 0.129 e. The van der Waals surface area contributed by atoms with Crippen LogP contribution in [0.1, 0.15) is 11.7 Å². The summed E-state index contributed by atoms with van der Waals surface area (Å²) < 4.78 is 27.4. The Morgan fingerprint density at radius 3 is 2.47 bits per heavy atom. The van der Waals surface area contributed by atoms with Gasteiger partial charge in [0, 0.05) is 20.7 Å². The zero-order valence-corrected chi connectivity index (χ0v) is 12.2. The van der Waals surface area contributed by atoms with Crippen molar-refractivity contribution < 1.29 is 13.9 Å². The highest BCUT2D eigenvalue weighted by molar-refractivity contribution is 9.10. The number of halogens is 3. The topological polar surface area (TPSA) is 20.2 Å². The number of hydrogen-bond donors (Lipinski definition) is 1. The quantitative estimate of drug-likeness (QED) is 0.821. The minimum absolute atomic E-state index is 0.00962. The van der Waals surface area contributed by atoms with E-state index in [1.807, 2.05) is 24.3 Å². The summed E-state index contributed by atoms with van der Waals surface area (Å²) >= 11 is 4.72. The number of thioether (sulfide) groups is 1. The van der Waals surface area contributed by atoms with E-state index < -0.39 is 17.7 Å². The zero-order chi connectivity index (χ0) is 13.8. The van der Waals surface area contributed by atoms with Gasteiger partial charge >= 0.3 is 0 Å². The number of aliphatic hydroxyl groups is 1. The van der Waals surface area contributed by atoms with Crippen molar-refractivity contribution in [2.24, 2.45) is 0 Å². The molecule has 0 saturated carbocycles. The molecule has 1 nitrogen and oxygen atoms in total. The van der Waals surface area contributed by atoms with Gasteiger partial charge in [-0.1, -0.05) is 15.9 Å². The monoisotopic (exact) mass is 344 g/mol. The fourth-order valence-corrected chi connectivity index (χ4v) is 2.69. The fourth-order valence-electron chi connectivity index (χ4n) is 1.57. The van der Waals surface area contributed by atoms with Crippen LogP contribution in [-0.4, -0.2) is 10.9 Å². The van der Waals surface area contributed by atoms with Crippen molar-refractivity contribution in [1.29, 1.82) is 0 Å². The van der Waals surface area contributed by atoms with Crippen LogP contribution in [0, 0.1) is 11.6 Å². The molecule has 1 N–H and O–H groups in total. The van der Waals surface area contributed by atoms with Crippen LogP contribution in [0.25, 0.3) is 0 Å². The predicted octanol–water partition coefficient (Wildman–Crippen LogP) is 4.55. The van der Waals surface area contributed by atoms with Gasteiger partial charge in [-0.25, -0.2) is 8.78 Å². The van der Waals surface area contributed by atoms with E-state index in [2.05, 4.69) is 15.9 Å². The third kappa shape index (κ3) is 4.03. The van der Waals surface area contributed by atoms with Crippen LogP contribution in [-0.2, 0) is 0 Å². The summed E-state index contributed by atoms with van der Waals surface area (Å²) in [5.74, 6) is -0.878. The van der Waals surface area contributed by atoms with Gasteiger partial charge in [0.05, 0.1) is 6.10 Å². The van der Waals surface area contributed by atoms with E-state index in [1.165, 1.54) is 11.8 Å². The summed E-state index contributed by atoms with van der Waals surface area (Å²) in [6, 6.07) is 10.6. The molecule has 0 aliphatic heterocycles. The van der Waals surface area contributed by atoms with Crippen molar-refractivity contribution >= 4 is 27.7 Å². The maximum absolute atomic E-state index is 13.5. The van der Waals surface area contributed by atoms with E-state index >= 15 is 0 Å². The Kier molecular flexibility index (Phi) is 4.96. The van der Waals surface area contributed by atoms with Crippen molar-refractivity contribution in [3.8, 4) is 0 Å². The lowest BCUT2D eigenvalue weighted by Gasteiger charge is -2.11. The summed E-state index contributed by atoms with van der Waals surface area (Å²) in [5.41, 5.74) is -0.00962. The van der Waals surface area contributed by atoms with Crippen LogP contribution in [0.4, 0.5) is 8.78 Å². The fraction of sp³-hybridized carbons (Fsp3) is 0.143. The normalized spacial score (nSPS) is 12.4. The smallest absolute Gasteiger partial charge is 0.129 e. The van der Waals surface area contributed by atoms with Crippen molar-refractivity contribution in [2.45, 2.75) is 11.0 Å². The molecule has 0 aliphatic rings. The van der Waals surface area contributed by atoms with Crippen LogP contribution < -0.4 is 0 Å². The first-order valence-corrected chi connectivity index (χ1v) is 7.35. The van der Waals surface area contributed by atoms with Gasteiger partial charge in [0.25, 0.3) is 0 Å². The molecule has 0 heterocycles. The first kappa shape index (κ1) is 14.5. The van der Waals surface area contributed by atoms with Crippen LogP contribution in [0.5, 0.6) is 0 Å². The molecule has 0 bridgehead atoms. The van der Waals surface area contributed by atoms with Crippen molar-refractivity contribution in [1.82, 2.24) is 0 Å². The number of rotatable bonds is 4. The number of benzene rings is 2. The first-order chi connectivity index (χ1) is 9.06. The Balaban J connectivity index is 2.03.